The summed E-state index contributed by atoms with van der Waals surface area (Å²) in [6.45, 7) is 8.01. The number of guanidine groups is 1. The molecule has 0 amide bonds. The standard InChI is InChI=1S/C22H29N5O.HI/c1-3-24-22(25-10-8-19-14-18-6-4-5-7-21(18)28-19)26-12-9-17(2)20(15-26)27-13-11-23-16-27;/h4-7,11,13-14,16-17,20H,3,8-10,12,15H2,1-2H3,(H,24,25);1H. The van der Waals surface area contributed by atoms with Crippen LogP contribution in [0.4, 0.5) is 0 Å². The molecule has 156 valence electrons. The van der Waals surface area contributed by atoms with Gasteiger partial charge in [-0.2, -0.15) is 0 Å². The molecule has 4 rings (SSSR count). The van der Waals surface area contributed by atoms with Gasteiger partial charge in [0.2, 0.25) is 0 Å². The molecular weight excluding hydrogens is 477 g/mol. The topological polar surface area (TPSA) is 58.6 Å². The van der Waals surface area contributed by atoms with Crippen LogP contribution in [0.1, 0.15) is 32.1 Å². The number of fused-ring (bicyclic) bond motifs is 1. The fourth-order valence-electron chi connectivity index (χ4n) is 3.95. The van der Waals surface area contributed by atoms with Crippen LogP contribution in [0.5, 0.6) is 0 Å². The Balaban J connectivity index is 0.00000240. The van der Waals surface area contributed by atoms with Gasteiger partial charge in [0.05, 0.1) is 12.4 Å². The normalized spacial score (nSPS) is 19.9. The van der Waals surface area contributed by atoms with Crippen LogP contribution in [0.2, 0.25) is 0 Å². The van der Waals surface area contributed by atoms with Crippen LogP contribution in [0, 0.1) is 5.92 Å². The number of hydrogen-bond donors (Lipinski definition) is 1. The molecule has 1 aromatic carbocycles. The van der Waals surface area contributed by atoms with E-state index in [1.54, 1.807) is 0 Å². The number of aliphatic imine (C=N–C) groups is 1. The molecule has 0 radical (unpaired) electrons. The summed E-state index contributed by atoms with van der Waals surface area (Å²) in [7, 11) is 0. The minimum Gasteiger partial charge on any atom is -0.461 e. The Labute approximate surface area is 189 Å². The first-order valence-corrected chi connectivity index (χ1v) is 10.2. The maximum Gasteiger partial charge on any atom is 0.193 e. The third kappa shape index (κ3) is 5.12. The van der Waals surface area contributed by atoms with Crippen LogP contribution >= 0.6 is 24.0 Å². The molecule has 1 aliphatic heterocycles. The lowest BCUT2D eigenvalue weighted by Gasteiger charge is -2.39. The summed E-state index contributed by atoms with van der Waals surface area (Å²) in [4.78, 5) is 11.5. The van der Waals surface area contributed by atoms with Crippen molar-refractivity contribution in [1.82, 2.24) is 19.8 Å². The van der Waals surface area contributed by atoms with Crippen molar-refractivity contribution in [2.24, 2.45) is 10.9 Å². The highest BCUT2D eigenvalue weighted by Crippen LogP contribution is 2.27. The average Bonchev–Trinajstić information content (AvgIpc) is 3.37. The van der Waals surface area contributed by atoms with Gasteiger partial charge in [0, 0.05) is 50.4 Å². The number of hydrogen-bond acceptors (Lipinski definition) is 3. The number of nitrogens with one attached hydrogen (secondary N) is 1. The lowest BCUT2D eigenvalue weighted by atomic mass is 9.93. The van der Waals surface area contributed by atoms with E-state index in [1.165, 1.54) is 0 Å². The zero-order chi connectivity index (χ0) is 19.3. The summed E-state index contributed by atoms with van der Waals surface area (Å²) in [6, 6.07) is 10.7. The molecule has 0 aliphatic carbocycles. The molecule has 1 N–H and O–H groups in total. The van der Waals surface area contributed by atoms with Gasteiger partial charge < -0.3 is 19.2 Å². The van der Waals surface area contributed by atoms with Gasteiger partial charge in [0.1, 0.15) is 11.3 Å². The number of likely N-dealkylation sites (tertiary alicyclic amines) is 1. The monoisotopic (exact) mass is 507 g/mol. The number of piperidine rings is 1. The maximum atomic E-state index is 5.92. The number of para-hydroxylation sites is 1. The van der Waals surface area contributed by atoms with E-state index in [1.807, 2.05) is 30.7 Å². The molecule has 0 spiro atoms. The van der Waals surface area contributed by atoms with E-state index in [4.69, 9.17) is 9.41 Å². The summed E-state index contributed by atoms with van der Waals surface area (Å²) in [5, 5.41) is 4.62. The minimum atomic E-state index is 0. The van der Waals surface area contributed by atoms with Gasteiger partial charge in [0.25, 0.3) is 0 Å². The van der Waals surface area contributed by atoms with Crippen LogP contribution in [0.15, 0.2) is 58.5 Å². The minimum absolute atomic E-state index is 0. The predicted molar refractivity (Wildman–Crippen MR) is 128 cm³/mol. The third-order valence-electron chi connectivity index (χ3n) is 5.56. The van der Waals surface area contributed by atoms with Gasteiger partial charge in [0.15, 0.2) is 5.96 Å². The van der Waals surface area contributed by atoms with E-state index in [9.17, 15) is 0 Å². The lowest BCUT2D eigenvalue weighted by molar-refractivity contribution is 0.189. The number of nitrogens with zero attached hydrogens (tertiary/aromatic N) is 4. The van der Waals surface area contributed by atoms with Crippen LogP contribution in [-0.4, -0.2) is 46.6 Å². The zero-order valence-corrected chi connectivity index (χ0v) is 19.5. The Hall–Kier alpha value is -2.03. The Morgan fingerprint density at radius 1 is 1.34 bits per heavy atom. The van der Waals surface area contributed by atoms with Crippen molar-refractivity contribution in [2.45, 2.75) is 32.7 Å². The predicted octanol–water partition coefficient (Wildman–Crippen LogP) is 4.34. The smallest absolute Gasteiger partial charge is 0.193 e. The maximum absolute atomic E-state index is 5.92. The van der Waals surface area contributed by atoms with Crippen molar-refractivity contribution in [3.63, 3.8) is 0 Å². The molecule has 3 aromatic rings. The van der Waals surface area contributed by atoms with E-state index >= 15 is 0 Å². The van der Waals surface area contributed by atoms with Gasteiger partial charge in [-0.25, -0.2) is 4.98 Å². The summed E-state index contributed by atoms with van der Waals surface area (Å²) in [5.41, 5.74) is 0.946. The molecule has 2 aromatic heterocycles. The molecule has 2 atom stereocenters. The summed E-state index contributed by atoms with van der Waals surface area (Å²) < 4.78 is 8.15. The van der Waals surface area contributed by atoms with Crippen molar-refractivity contribution in [3.8, 4) is 0 Å². The Morgan fingerprint density at radius 3 is 2.97 bits per heavy atom. The highest BCUT2D eigenvalue weighted by molar-refractivity contribution is 14.0. The fraction of sp³-hybridized carbons (Fsp3) is 0.455. The zero-order valence-electron chi connectivity index (χ0n) is 17.1. The van der Waals surface area contributed by atoms with Crippen molar-refractivity contribution in [1.29, 1.82) is 0 Å². The van der Waals surface area contributed by atoms with Crippen LogP contribution in [0.25, 0.3) is 11.0 Å². The average molecular weight is 507 g/mol. The third-order valence-corrected chi connectivity index (χ3v) is 5.56. The van der Waals surface area contributed by atoms with E-state index in [0.717, 1.165) is 55.2 Å². The first-order valence-electron chi connectivity index (χ1n) is 10.2. The van der Waals surface area contributed by atoms with Gasteiger partial charge in [-0.15, -0.1) is 24.0 Å². The van der Waals surface area contributed by atoms with Gasteiger partial charge in [-0.1, -0.05) is 25.1 Å². The first-order chi connectivity index (χ1) is 13.7. The number of imidazole rings is 1. The summed E-state index contributed by atoms with van der Waals surface area (Å²) in [6.07, 6.45) is 7.81. The molecule has 1 saturated heterocycles. The van der Waals surface area contributed by atoms with Crippen LogP contribution in [-0.2, 0) is 6.42 Å². The molecule has 6 nitrogen and oxygen atoms in total. The molecule has 2 unspecified atom stereocenters. The van der Waals surface area contributed by atoms with Crippen molar-refractivity contribution in [3.05, 3.63) is 54.8 Å². The molecule has 29 heavy (non-hydrogen) atoms. The van der Waals surface area contributed by atoms with Crippen molar-refractivity contribution in [2.75, 3.05) is 26.2 Å². The first kappa shape index (κ1) is 21.7. The Kier molecular flexibility index (Phi) is 7.57. The number of halogens is 1. The highest BCUT2D eigenvalue weighted by atomic mass is 127. The largest absolute Gasteiger partial charge is 0.461 e. The molecule has 0 bridgehead atoms. The second-order valence-corrected chi connectivity index (χ2v) is 7.53. The summed E-state index contributed by atoms with van der Waals surface area (Å²) in [5.74, 6) is 2.61. The second-order valence-electron chi connectivity index (χ2n) is 7.53. The Bertz CT molecular complexity index is 887. The van der Waals surface area contributed by atoms with Crippen LogP contribution < -0.4 is 5.32 Å². The number of rotatable bonds is 5. The lowest BCUT2D eigenvalue weighted by Crippen LogP contribution is -2.49. The Morgan fingerprint density at radius 2 is 2.21 bits per heavy atom. The number of furan rings is 1. The quantitative estimate of drug-likeness (QED) is 0.317. The molecule has 1 aliphatic rings. The second kappa shape index (κ2) is 10.1. The van der Waals surface area contributed by atoms with E-state index in [-0.39, 0.29) is 24.0 Å². The highest BCUT2D eigenvalue weighted by Gasteiger charge is 2.28. The number of aromatic nitrogens is 2. The molecule has 3 heterocycles. The van der Waals surface area contributed by atoms with Gasteiger partial charge in [-0.3, -0.25) is 4.99 Å². The van der Waals surface area contributed by atoms with Crippen LogP contribution in [0.3, 0.4) is 0 Å². The van der Waals surface area contributed by atoms with E-state index in [2.05, 4.69) is 51.9 Å². The molecule has 7 heteroatoms. The van der Waals surface area contributed by atoms with Crippen molar-refractivity contribution >= 4 is 40.9 Å². The van der Waals surface area contributed by atoms with Gasteiger partial charge >= 0.3 is 0 Å². The molecule has 1 fully saturated rings. The fourth-order valence-corrected chi connectivity index (χ4v) is 3.95. The SMILES string of the molecule is CCNC(=NCCc1cc2ccccc2o1)N1CCC(C)C(n2ccnc2)C1.I. The van der Waals surface area contributed by atoms with Crippen molar-refractivity contribution < 1.29 is 4.42 Å². The molecule has 0 saturated carbocycles. The van der Waals surface area contributed by atoms with E-state index in [0.29, 0.717) is 18.5 Å². The number of benzene rings is 1. The van der Waals surface area contributed by atoms with E-state index < -0.39 is 0 Å². The van der Waals surface area contributed by atoms with Gasteiger partial charge in [-0.05, 0) is 31.4 Å². The summed E-state index contributed by atoms with van der Waals surface area (Å²) >= 11 is 0. The molecular formula is C22H30IN5O.